The van der Waals surface area contributed by atoms with E-state index < -0.39 is 10.8 Å². The summed E-state index contributed by atoms with van der Waals surface area (Å²) < 4.78 is 0. The van der Waals surface area contributed by atoms with Crippen LogP contribution in [0.15, 0.2) is 59.7 Å². The van der Waals surface area contributed by atoms with Crippen LogP contribution in [-0.2, 0) is 0 Å². The Kier molecular flexibility index (Phi) is 4.70. The smallest absolute Gasteiger partial charge is 0.289 e. The van der Waals surface area contributed by atoms with E-state index in [1.54, 1.807) is 30.3 Å². The molecule has 0 aliphatic heterocycles. The Morgan fingerprint density at radius 1 is 1.23 bits per heavy atom. The van der Waals surface area contributed by atoms with Crippen LogP contribution >= 0.6 is 0 Å². The number of aromatic nitrogens is 2. The zero-order valence-electron chi connectivity index (χ0n) is 13.3. The summed E-state index contributed by atoms with van der Waals surface area (Å²) in [7, 11) is 0. The number of phenols is 1. The van der Waals surface area contributed by atoms with Crippen molar-refractivity contribution in [2.75, 3.05) is 0 Å². The lowest BCUT2D eigenvalue weighted by Crippen LogP contribution is -2.18. The Morgan fingerprint density at radius 3 is 2.81 bits per heavy atom. The van der Waals surface area contributed by atoms with E-state index in [1.807, 2.05) is 0 Å². The van der Waals surface area contributed by atoms with Gasteiger partial charge in [0.2, 0.25) is 0 Å². The van der Waals surface area contributed by atoms with Crippen molar-refractivity contribution < 1.29 is 14.8 Å². The largest absolute Gasteiger partial charge is 0.507 e. The van der Waals surface area contributed by atoms with Crippen LogP contribution in [0.5, 0.6) is 5.75 Å². The van der Waals surface area contributed by atoms with Crippen LogP contribution in [0.25, 0.3) is 11.3 Å². The lowest BCUT2D eigenvalue weighted by atomic mass is 10.1. The predicted molar refractivity (Wildman–Crippen MR) is 93.8 cm³/mol. The number of amides is 1. The SMILES string of the molecule is O=C(N/N=C\c1ccccc1O)c1cc(-c2cccc([N+](=O)[O-])c2)n[nH]1. The second kappa shape index (κ2) is 7.26. The number of nitro groups is 1. The summed E-state index contributed by atoms with van der Waals surface area (Å²) in [5, 5.41) is 30.8. The van der Waals surface area contributed by atoms with E-state index >= 15 is 0 Å². The molecule has 0 unspecified atom stereocenters. The number of non-ortho nitro benzene ring substituents is 1. The molecule has 0 saturated heterocycles. The van der Waals surface area contributed by atoms with E-state index in [0.717, 1.165) is 0 Å². The van der Waals surface area contributed by atoms with Gasteiger partial charge in [-0.05, 0) is 18.2 Å². The van der Waals surface area contributed by atoms with E-state index in [4.69, 9.17) is 0 Å². The summed E-state index contributed by atoms with van der Waals surface area (Å²) in [5.74, 6) is -0.499. The molecule has 0 atom stereocenters. The predicted octanol–water partition coefficient (Wildman–Crippen LogP) is 2.45. The highest BCUT2D eigenvalue weighted by atomic mass is 16.6. The number of carbonyl (C=O) groups excluding carboxylic acids is 1. The van der Waals surface area contributed by atoms with Crippen LogP contribution < -0.4 is 5.43 Å². The van der Waals surface area contributed by atoms with Gasteiger partial charge in [0.15, 0.2) is 0 Å². The van der Waals surface area contributed by atoms with Gasteiger partial charge in [0, 0.05) is 23.3 Å². The number of hydrogen-bond donors (Lipinski definition) is 3. The van der Waals surface area contributed by atoms with Crippen molar-refractivity contribution in [2.24, 2.45) is 5.10 Å². The maximum absolute atomic E-state index is 12.1. The van der Waals surface area contributed by atoms with Crippen LogP contribution in [0, 0.1) is 10.1 Å². The van der Waals surface area contributed by atoms with Crippen molar-refractivity contribution >= 4 is 17.8 Å². The first kappa shape index (κ1) is 16.8. The van der Waals surface area contributed by atoms with Gasteiger partial charge in [0.05, 0.1) is 16.8 Å². The van der Waals surface area contributed by atoms with Gasteiger partial charge in [-0.15, -0.1) is 0 Å². The maximum atomic E-state index is 12.1. The molecule has 0 aliphatic rings. The summed E-state index contributed by atoms with van der Waals surface area (Å²) in [6.45, 7) is 0. The minimum Gasteiger partial charge on any atom is -0.507 e. The number of nitrogens with zero attached hydrogens (tertiary/aromatic N) is 3. The quantitative estimate of drug-likeness (QED) is 0.369. The lowest BCUT2D eigenvalue weighted by molar-refractivity contribution is -0.384. The fourth-order valence-electron chi connectivity index (χ4n) is 2.18. The molecule has 2 aromatic carbocycles. The number of carbonyl (C=O) groups is 1. The van der Waals surface area contributed by atoms with Crippen molar-refractivity contribution in [3.8, 4) is 17.0 Å². The third kappa shape index (κ3) is 3.73. The number of para-hydroxylation sites is 1. The first-order valence-electron chi connectivity index (χ1n) is 7.46. The Hall–Kier alpha value is -4.01. The van der Waals surface area contributed by atoms with E-state index in [9.17, 15) is 20.0 Å². The van der Waals surface area contributed by atoms with Gasteiger partial charge in [-0.2, -0.15) is 10.2 Å². The van der Waals surface area contributed by atoms with Gasteiger partial charge in [-0.25, -0.2) is 5.43 Å². The highest BCUT2D eigenvalue weighted by Crippen LogP contribution is 2.22. The van der Waals surface area contributed by atoms with Crippen molar-refractivity contribution in [3.63, 3.8) is 0 Å². The molecule has 3 N–H and O–H groups in total. The molecule has 3 aromatic rings. The minimum absolute atomic E-state index is 0.0417. The number of H-pyrrole nitrogens is 1. The number of benzene rings is 2. The van der Waals surface area contributed by atoms with Gasteiger partial charge in [-0.3, -0.25) is 20.0 Å². The summed E-state index contributed by atoms with van der Waals surface area (Å²) in [5.41, 5.74) is 3.74. The van der Waals surface area contributed by atoms with Crippen LogP contribution in [0.1, 0.15) is 16.1 Å². The molecular weight excluding hydrogens is 338 g/mol. The normalized spacial score (nSPS) is 10.8. The number of nitrogens with one attached hydrogen (secondary N) is 2. The molecule has 0 spiro atoms. The van der Waals surface area contributed by atoms with Gasteiger partial charge in [0.25, 0.3) is 11.6 Å². The number of nitro benzene ring substituents is 1. The average Bonchev–Trinajstić information content (AvgIpc) is 3.13. The number of phenolic OH excluding ortho intramolecular Hbond substituents is 1. The molecule has 0 saturated carbocycles. The van der Waals surface area contributed by atoms with Crippen molar-refractivity contribution in [2.45, 2.75) is 0 Å². The molecule has 9 heteroatoms. The number of aromatic amines is 1. The molecule has 26 heavy (non-hydrogen) atoms. The van der Waals surface area contributed by atoms with E-state index in [2.05, 4.69) is 20.7 Å². The third-order valence-electron chi connectivity index (χ3n) is 3.48. The zero-order chi connectivity index (χ0) is 18.5. The molecule has 1 heterocycles. The monoisotopic (exact) mass is 351 g/mol. The first-order chi connectivity index (χ1) is 12.5. The van der Waals surface area contributed by atoms with Crippen molar-refractivity contribution in [1.82, 2.24) is 15.6 Å². The average molecular weight is 351 g/mol. The molecule has 9 nitrogen and oxygen atoms in total. The Balaban J connectivity index is 1.71. The first-order valence-corrected chi connectivity index (χ1v) is 7.46. The molecule has 130 valence electrons. The summed E-state index contributed by atoms with van der Waals surface area (Å²) in [4.78, 5) is 22.4. The Bertz CT molecular complexity index is 996. The lowest BCUT2D eigenvalue weighted by Gasteiger charge is -1.98. The van der Waals surface area contributed by atoms with Gasteiger partial charge in [0.1, 0.15) is 11.4 Å². The van der Waals surface area contributed by atoms with Crippen LogP contribution in [0.3, 0.4) is 0 Å². The summed E-state index contributed by atoms with van der Waals surface area (Å²) in [6, 6.07) is 13.9. The molecule has 1 amide bonds. The standard InChI is InChI=1S/C17H13N5O4/c23-16-7-2-1-4-12(16)10-18-21-17(24)15-9-14(19-20-15)11-5-3-6-13(8-11)22(25)26/h1-10,23H,(H,19,20)(H,21,24)/b18-10-. The highest BCUT2D eigenvalue weighted by Gasteiger charge is 2.13. The molecule has 1 aromatic heterocycles. The van der Waals surface area contributed by atoms with Crippen LogP contribution in [0.4, 0.5) is 5.69 Å². The number of hydrogen-bond acceptors (Lipinski definition) is 6. The fourth-order valence-corrected chi connectivity index (χ4v) is 2.18. The number of rotatable bonds is 5. The van der Waals surface area contributed by atoms with E-state index in [-0.39, 0.29) is 17.1 Å². The topological polar surface area (TPSA) is 134 Å². The van der Waals surface area contributed by atoms with Gasteiger partial charge < -0.3 is 5.11 Å². The Labute approximate surface area is 147 Å². The van der Waals surface area contributed by atoms with Crippen molar-refractivity contribution in [3.05, 3.63) is 76.0 Å². The van der Waals surface area contributed by atoms with Crippen molar-refractivity contribution in [1.29, 1.82) is 0 Å². The minimum atomic E-state index is -0.541. The van der Waals surface area contributed by atoms with Gasteiger partial charge in [-0.1, -0.05) is 24.3 Å². The molecule has 0 aliphatic carbocycles. The van der Waals surface area contributed by atoms with Crippen LogP contribution in [-0.4, -0.2) is 32.3 Å². The van der Waals surface area contributed by atoms with Crippen LogP contribution in [0.2, 0.25) is 0 Å². The maximum Gasteiger partial charge on any atom is 0.289 e. The molecule has 0 bridgehead atoms. The summed E-state index contributed by atoms with van der Waals surface area (Å²) in [6.07, 6.45) is 1.31. The summed E-state index contributed by atoms with van der Waals surface area (Å²) >= 11 is 0. The highest BCUT2D eigenvalue weighted by molar-refractivity contribution is 5.94. The molecule has 0 fully saturated rings. The second-order valence-electron chi connectivity index (χ2n) is 5.23. The number of hydrazone groups is 1. The molecule has 0 radical (unpaired) electrons. The third-order valence-corrected chi connectivity index (χ3v) is 3.48. The zero-order valence-corrected chi connectivity index (χ0v) is 13.3. The molecular formula is C17H13N5O4. The number of aromatic hydroxyl groups is 1. The Morgan fingerprint density at radius 2 is 2.04 bits per heavy atom. The fraction of sp³-hybridized carbons (Fsp3) is 0. The van der Waals surface area contributed by atoms with E-state index in [1.165, 1.54) is 30.5 Å². The second-order valence-corrected chi connectivity index (χ2v) is 5.23. The van der Waals surface area contributed by atoms with Gasteiger partial charge >= 0.3 is 0 Å². The van der Waals surface area contributed by atoms with E-state index in [0.29, 0.717) is 16.8 Å². The molecule has 3 rings (SSSR count).